The van der Waals surface area contributed by atoms with Crippen molar-refractivity contribution in [3.05, 3.63) is 82.5 Å². The zero-order chi connectivity index (χ0) is 19.5. The van der Waals surface area contributed by atoms with Crippen LogP contribution in [0.15, 0.2) is 54.9 Å². The van der Waals surface area contributed by atoms with E-state index in [-0.39, 0.29) is 5.82 Å². The zero-order valence-corrected chi connectivity index (χ0v) is 15.9. The normalized spacial score (nSPS) is 10.8. The molecule has 0 aliphatic carbocycles. The van der Waals surface area contributed by atoms with Gasteiger partial charge < -0.3 is 9.30 Å². The topological polar surface area (TPSA) is 76.6 Å². The molecule has 0 aliphatic rings. The number of imidazole rings is 1. The van der Waals surface area contributed by atoms with Gasteiger partial charge in [0.2, 0.25) is 5.82 Å². The van der Waals surface area contributed by atoms with Crippen LogP contribution in [0.1, 0.15) is 22.6 Å². The third-order valence-electron chi connectivity index (χ3n) is 4.43. The smallest absolute Gasteiger partial charge is 0.234 e. The van der Waals surface area contributed by atoms with Gasteiger partial charge in [0, 0.05) is 11.4 Å². The molecule has 0 fully saturated rings. The fourth-order valence-corrected chi connectivity index (χ4v) is 3.14. The van der Waals surface area contributed by atoms with Crippen LogP contribution in [0.4, 0.5) is 0 Å². The van der Waals surface area contributed by atoms with E-state index in [0.717, 1.165) is 22.6 Å². The molecule has 138 valence electrons. The molecule has 6 nitrogen and oxygen atoms in total. The second-order valence-electron chi connectivity index (χ2n) is 6.30. The highest BCUT2D eigenvalue weighted by Crippen LogP contribution is 2.20. The summed E-state index contributed by atoms with van der Waals surface area (Å²) in [7, 11) is 1.64. The molecular formula is C21H16ClN5O. The van der Waals surface area contributed by atoms with Gasteiger partial charge >= 0.3 is 0 Å². The highest BCUT2D eigenvalue weighted by molar-refractivity contribution is 6.30. The van der Waals surface area contributed by atoms with E-state index in [1.54, 1.807) is 13.4 Å². The number of halogens is 1. The van der Waals surface area contributed by atoms with Gasteiger partial charge in [0.25, 0.3) is 0 Å². The molecular weight excluding hydrogens is 374 g/mol. The molecule has 28 heavy (non-hydrogen) atoms. The van der Waals surface area contributed by atoms with E-state index in [9.17, 15) is 5.26 Å². The molecule has 0 amide bonds. The number of nitrogens with zero attached hydrogens (tertiary/aromatic N) is 5. The lowest BCUT2D eigenvalue weighted by atomic mass is 10.1. The van der Waals surface area contributed by atoms with Gasteiger partial charge in [-0.15, -0.1) is 0 Å². The molecule has 0 radical (unpaired) electrons. The van der Waals surface area contributed by atoms with Crippen LogP contribution in [-0.2, 0) is 13.0 Å². The van der Waals surface area contributed by atoms with Crippen LogP contribution in [0.2, 0.25) is 5.02 Å². The van der Waals surface area contributed by atoms with Crippen LogP contribution in [0, 0.1) is 11.3 Å². The molecule has 0 atom stereocenters. The highest BCUT2D eigenvalue weighted by Gasteiger charge is 2.14. The molecule has 2 aromatic heterocycles. The van der Waals surface area contributed by atoms with Crippen molar-refractivity contribution in [3.8, 4) is 11.8 Å². The summed E-state index contributed by atoms with van der Waals surface area (Å²) in [5.74, 6) is 0.937. The van der Waals surface area contributed by atoms with Crippen molar-refractivity contribution < 1.29 is 4.74 Å². The molecule has 0 spiro atoms. The van der Waals surface area contributed by atoms with Crippen molar-refractivity contribution >= 4 is 22.8 Å². The fourth-order valence-electron chi connectivity index (χ4n) is 3.01. The van der Waals surface area contributed by atoms with Gasteiger partial charge in [-0.25, -0.2) is 9.97 Å². The number of hydrogen-bond donors (Lipinski definition) is 0. The molecule has 0 unspecified atom stereocenters. The van der Waals surface area contributed by atoms with Crippen LogP contribution in [0.3, 0.4) is 0 Å². The Balaban J connectivity index is 1.71. The first-order valence-electron chi connectivity index (χ1n) is 8.65. The Morgan fingerprint density at radius 2 is 1.75 bits per heavy atom. The number of aromatic nitrogens is 4. The van der Waals surface area contributed by atoms with E-state index < -0.39 is 0 Å². The summed E-state index contributed by atoms with van der Waals surface area (Å²) in [6.07, 6.45) is 2.28. The highest BCUT2D eigenvalue weighted by atomic mass is 35.5. The number of nitriles is 1. The largest absolute Gasteiger partial charge is 0.497 e. The van der Waals surface area contributed by atoms with Crippen LogP contribution in [-0.4, -0.2) is 26.6 Å². The third kappa shape index (κ3) is 3.66. The Bertz CT molecular complexity index is 1160. The minimum atomic E-state index is 0.132. The van der Waals surface area contributed by atoms with Crippen molar-refractivity contribution in [2.24, 2.45) is 0 Å². The van der Waals surface area contributed by atoms with Gasteiger partial charge in [-0.05, 0) is 35.4 Å². The van der Waals surface area contributed by atoms with Gasteiger partial charge in [0.05, 0.1) is 25.7 Å². The van der Waals surface area contributed by atoms with Gasteiger partial charge in [-0.1, -0.05) is 35.9 Å². The summed E-state index contributed by atoms with van der Waals surface area (Å²) in [6.45, 7) is 0.586. The number of hydrogen-bond acceptors (Lipinski definition) is 5. The monoisotopic (exact) mass is 389 g/mol. The maximum atomic E-state index is 9.36. The number of methoxy groups -OCH3 is 1. The van der Waals surface area contributed by atoms with E-state index in [0.29, 0.717) is 29.2 Å². The third-order valence-corrected chi connectivity index (χ3v) is 4.68. The quantitative estimate of drug-likeness (QED) is 0.515. The fraction of sp³-hybridized carbons (Fsp3) is 0.143. The summed E-state index contributed by atoms with van der Waals surface area (Å²) >= 11 is 5.96. The van der Waals surface area contributed by atoms with E-state index in [2.05, 4.69) is 15.0 Å². The van der Waals surface area contributed by atoms with E-state index >= 15 is 0 Å². The average Bonchev–Trinajstić information content (AvgIpc) is 3.13. The molecule has 0 N–H and O–H groups in total. The van der Waals surface area contributed by atoms with Gasteiger partial charge in [-0.2, -0.15) is 10.2 Å². The predicted molar refractivity (Wildman–Crippen MR) is 106 cm³/mol. The maximum Gasteiger partial charge on any atom is 0.234 e. The number of rotatable bonds is 5. The summed E-state index contributed by atoms with van der Waals surface area (Å²) < 4.78 is 7.12. The first-order valence-corrected chi connectivity index (χ1v) is 9.03. The lowest BCUT2D eigenvalue weighted by Gasteiger charge is -2.07. The van der Waals surface area contributed by atoms with Crippen molar-refractivity contribution in [1.29, 1.82) is 5.26 Å². The van der Waals surface area contributed by atoms with E-state index in [1.807, 2.05) is 59.2 Å². The Hall–Kier alpha value is -3.43. The molecule has 2 heterocycles. The van der Waals surface area contributed by atoms with Gasteiger partial charge in [0.15, 0.2) is 5.65 Å². The van der Waals surface area contributed by atoms with Crippen molar-refractivity contribution in [1.82, 2.24) is 19.5 Å². The lowest BCUT2D eigenvalue weighted by Crippen LogP contribution is -2.04. The van der Waals surface area contributed by atoms with Crippen LogP contribution < -0.4 is 4.74 Å². The second-order valence-corrected chi connectivity index (χ2v) is 6.74. The Kier molecular flexibility index (Phi) is 4.92. The van der Waals surface area contributed by atoms with Gasteiger partial charge in [-0.3, -0.25) is 0 Å². The van der Waals surface area contributed by atoms with Crippen LogP contribution in [0.5, 0.6) is 5.75 Å². The summed E-state index contributed by atoms with van der Waals surface area (Å²) in [5, 5.41) is 10.0. The minimum Gasteiger partial charge on any atom is -0.497 e. The molecule has 4 aromatic rings. The summed E-state index contributed by atoms with van der Waals surface area (Å²) in [5.41, 5.74) is 4.18. The standard InChI is InChI=1S/C21H16ClN5O/c1-28-17-8-4-15(5-9-17)12-27-13-24-20-18(25-19(11-23)26-21(20)27)10-14-2-6-16(22)7-3-14/h2-9,13H,10,12H2,1H3. The van der Waals surface area contributed by atoms with Crippen molar-refractivity contribution in [2.75, 3.05) is 7.11 Å². The predicted octanol–water partition coefficient (Wildman–Crippen LogP) is 4.00. The minimum absolute atomic E-state index is 0.132. The molecule has 0 saturated heterocycles. The number of fused-ring (bicyclic) bond motifs is 1. The lowest BCUT2D eigenvalue weighted by molar-refractivity contribution is 0.414. The number of benzene rings is 2. The van der Waals surface area contributed by atoms with E-state index in [1.165, 1.54) is 0 Å². The van der Waals surface area contributed by atoms with Gasteiger partial charge in [0.1, 0.15) is 17.3 Å². The molecule has 7 heteroatoms. The van der Waals surface area contributed by atoms with E-state index in [4.69, 9.17) is 16.3 Å². The number of ether oxygens (including phenoxy) is 1. The second kappa shape index (κ2) is 7.67. The Morgan fingerprint density at radius 1 is 1.04 bits per heavy atom. The molecule has 0 bridgehead atoms. The molecule has 0 aliphatic heterocycles. The van der Waals surface area contributed by atoms with Crippen molar-refractivity contribution in [3.63, 3.8) is 0 Å². The van der Waals surface area contributed by atoms with Crippen LogP contribution >= 0.6 is 11.6 Å². The summed E-state index contributed by atoms with van der Waals surface area (Å²) in [6, 6.07) is 17.4. The zero-order valence-electron chi connectivity index (χ0n) is 15.1. The van der Waals surface area contributed by atoms with Crippen LogP contribution in [0.25, 0.3) is 11.2 Å². The first kappa shape index (κ1) is 18.0. The molecule has 2 aromatic carbocycles. The average molecular weight is 390 g/mol. The SMILES string of the molecule is COc1ccc(Cn2cnc3c(Cc4ccc(Cl)cc4)nc(C#N)nc32)cc1. The first-order chi connectivity index (χ1) is 13.7. The van der Waals surface area contributed by atoms with Crippen molar-refractivity contribution in [2.45, 2.75) is 13.0 Å². The molecule has 0 saturated carbocycles. The molecule has 4 rings (SSSR count). The maximum absolute atomic E-state index is 9.36. The Morgan fingerprint density at radius 3 is 2.43 bits per heavy atom. The summed E-state index contributed by atoms with van der Waals surface area (Å²) in [4.78, 5) is 13.3. The Labute approximate surface area is 167 Å².